The molecule has 23 heavy (non-hydrogen) atoms. The molecule has 6 heteroatoms. The number of nitrogens with two attached hydrogens (primary N) is 1. The van der Waals surface area contributed by atoms with Crippen molar-refractivity contribution in [2.45, 2.75) is 26.3 Å². The molecular formula is C17H17N3O2S. The van der Waals surface area contributed by atoms with Gasteiger partial charge in [-0.3, -0.25) is 14.2 Å². The maximum atomic E-state index is 12.8. The van der Waals surface area contributed by atoms with Crippen LogP contribution in [0.15, 0.2) is 41.2 Å². The van der Waals surface area contributed by atoms with Gasteiger partial charge in [-0.05, 0) is 18.6 Å². The SMILES string of the molecule is CCc1nc2sc(-c3ccccc3)cc2c(=O)n1C(C)C(N)=O. The fourth-order valence-corrected chi connectivity index (χ4v) is 3.60. The third-order valence-corrected chi connectivity index (χ3v) is 4.92. The van der Waals surface area contributed by atoms with Gasteiger partial charge < -0.3 is 5.73 Å². The molecule has 0 aliphatic carbocycles. The van der Waals surface area contributed by atoms with Gasteiger partial charge in [0.05, 0.1) is 5.39 Å². The molecule has 0 fully saturated rings. The van der Waals surface area contributed by atoms with Gasteiger partial charge in [-0.2, -0.15) is 0 Å². The molecule has 3 rings (SSSR count). The van der Waals surface area contributed by atoms with E-state index in [2.05, 4.69) is 4.98 Å². The maximum absolute atomic E-state index is 12.8. The second-order valence-electron chi connectivity index (χ2n) is 5.33. The Kier molecular flexibility index (Phi) is 4.00. The van der Waals surface area contributed by atoms with E-state index in [9.17, 15) is 9.59 Å². The zero-order valence-electron chi connectivity index (χ0n) is 12.9. The number of thiophene rings is 1. The van der Waals surface area contributed by atoms with Crippen LogP contribution in [-0.4, -0.2) is 15.5 Å². The summed E-state index contributed by atoms with van der Waals surface area (Å²) in [6, 6.07) is 11.0. The molecule has 1 amide bonds. The molecule has 0 aliphatic rings. The molecule has 2 heterocycles. The van der Waals surface area contributed by atoms with E-state index in [1.54, 1.807) is 6.92 Å². The van der Waals surface area contributed by atoms with Crippen LogP contribution in [0.4, 0.5) is 0 Å². The first-order valence-electron chi connectivity index (χ1n) is 7.42. The number of primary amides is 1. The van der Waals surface area contributed by atoms with E-state index >= 15 is 0 Å². The van der Waals surface area contributed by atoms with Gasteiger partial charge in [0.2, 0.25) is 5.91 Å². The minimum absolute atomic E-state index is 0.211. The number of nitrogens with zero attached hydrogens (tertiary/aromatic N) is 2. The number of carbonyl (C=O) groups is 1. The summed E-state index contributed by atoms with van der Waals surface area (Å²) in [5.74, 6) is 0.0386. The monoisotopic (exact) mass is 327 g/mol. The van der Waals surface area contributed by atoms with E-state index in [-0.39, 0.29) is 5.56 Å². The van der Waals surface area contributed by atoms with Gasteiger partial charge in [0.15, 0.2) is 0 Å². The minimum Gasteiger partial charge on any atom is -0.368 e. The van der Waals surface area contributed by atoms with Crippen molar-refractivity contribution in [1.82, 2.24) is 9.55 Å². The third-order valence-electron chi connectivity index (χ3n) is 3.84. The molecule has 5 nitrogen and oxygen atoms in total. The Morgan fingerprint density at radius 2 is 2.04 bits per heavy atom. The Hall–Kier alpha value is -2.47. The highest BCUT2D eigenvalue weighted by molar-refractivity contribution is 7.21. The van der Waals surface area contributed by atoms with Crippen LogP contribution in [-0.2, 0) is 11.2 Å². The number of benzene rings is 1. The first-order chi connectivity index (χ1) is 11.0. The quantitative estimate of drug-likeness (QED) is 0.800. The predicted molar refractivity (Wildman–Crippen MR) is 92.6 cm³/mol. The first kappa shape index (κ1) is 15.4. The molecule has 2 N–H and O–H groups in total. The Bertz CT molecular complexity index is 928. The zero-order chi connectivity index (χ0) is 16.6. The Balaban J connectivity index is 2.26. The normalized spacial score (nSPS) is 12.4. The van der Waals surface area contributed by atoms with Crippen LogP contribution >= 0.6 is 11.3 Å². The van der Waals surface area contributed by atoms with Crippen LogP contribution < -0.4 is 11.3 Å². The molecule has 0 saturated carbocycles. The van der Waals surface area contributed by atoms with E-state index in [0.29, 0.717) is 22.5 Å². The number of aromatic nitrogens is 2. The average Bonchev–Trinajstić information content (AvgIpc) is 2.99. The predicted octanol–water partition coefficient (Wildman–Crippen LogP) is 2.73. The van der Waals surface area contributed by atoms with Gasteiger partial charge in [0, 0.05) is 11.3 Å². The number of rotatable bonds is 4. The van der Waals surface area contributed by atoms with Gasteiger partial charge in [0.1, 0.15) is 16.7 Å². The second-order valence-corrected chi connectivity index (χ2v) is 6.36. The lowest BCUT2D eigenvalue weighted by Gasteiger charge is -2.15. The van der Waals surface area contributed by atoms with Crippen molar-refractivity contribution in [2.75, 3.05) is 0 Å². The summed E-state index contributed by atoms with van der Waals surface area (Å²) in [6.07, 6.45) is 0.557. The van der Waals surface area contributed by atoms with Crippen molar-refractivity contribution in [2.24, 2.45) is 5.73 Å². The summed E-state index contributed by atoms with van der Waals surface area (Å²) in [7, 11) is 0. The highest BCUT2D eigenvalue weighted by Gasteiger charge is 2.20. The van der Waals surface area contributed by atoms with Gasteiger partial charge in [0.25, 0.3) is 5.56 Å². The van der Waals surface area contributed by atoms with Crippen molar-refractivity contribution in [3.05, 3.63) is 52.6 Å². The van der Waals surface area contributed by atoms with E-state index in [1.165, 1.54) is 15.9 Å². The van der Waals surface area contributed by atoms with E-state index in [4.69, 9.17) is 5.73 Å². The Morgan fingerprint density at radius 1 is 1.35 bits per heavy atom. The minimum atomic E-state index is -0.713. The van der Waals surface area contributed by atoms with Crippen LogP contribution in [0, 0.1) is 0 Å². The first-order valence-corrected chi connectivity index (χ1v) is 8.24. The molecule has 1 atom stereocenters. The number of aryl methyl sites for hydroxylation is 1. The number of carbonyl (C=O) groups excluding carboxylic acids is 1. The molecule has 0 radical (unpaired) electrons. The van der Waals surface area contributed by atoms with Crippen LogP contribution in [0.2, 0.25) is 0 Å². The molecule has 0 bridgehead atoms. The lowest BCUT2D eigenvalue weighted by Crippen LogP contribution is -2.34. The van der Waals surface area contributed by atoms with Crippen LogP contribution in [0.3, 0.4) is 0 Å². The lowest BCUT2D eigenvalue weighted by molar-refractivity contribution is -0.120. The molecule has 2 aromatic heterocycles. The Morgan fingerprint density at radius 3 is 2.65 bits per heavy atom. The van der Waals surface area contributed by atoms with Crippen molar-refractivity contribution in [1.29, 1.82) is 0 Å². The molecule has 0 saturated heterocycles. The van der Waals surface area contributed by atoms with Crippen molar-refractivity contribution in [3.8, 4) is 10.4 Å². The van der Waals surface area contributed by atoms with Gasteiger partial charge >= 0.3 is 0 Å². The molecule has 3 aromatic rings. The number of amides is 1. The van der Waals surface area contributed by atoms with Crippen LogP contribution in [0.25, 0.3) is 20.7 Å². The fourth-order valence-electron chi connectivity index (χ4n) is 2.56. The van der Waals surface area contributed by atoms with Gasteiger partial charge in [-0.1, -0.05) is 37.3 Å². The molecular weight excluding hydrogens is 310 g/mol. The van der Waals surface area contributed by atoms with Gasteiger partial charge in [-0.15, -0.1) is 11.3 Å². The smallest absolute Gasteiger partial charge is 0.263 e. The summed E-state index contributed by atoms with van der Waals surface area (Å²) < 4.78 is 1.41. The fraction of sp³-hybridized carbons (Fsp3) is 0.235. The molecule has 1 unspecified atom stereocenters. The van der Waals surface area contributed by atoms with Crippen molar-refractivity contribution in [3.63, 3.8) is 0 Å². The number of hydrogen-bond acceptors (Lipinski definition) is 4. The zero-order valence-corrected chi connectivity index (χ0v) is 13.8. The molecule has 0 spiro atoms. The average molecular weight is 327 g/mol. The van der Waals surface area contributed by atoms with E-state index in [1.807, 2.05) is 43.3 Å². The van der Waals surface area contributed by atoms with Crippen molar-refractivity contribution >= 4 is 27.5 Å². The van der Waals surface area contributed by atoms with E-state index < -0.39 is 11.9 Å². The second kappa shape index (κ2) is 5.96. The largest absolute Gasteiger partial charge is 0.368 e. The number of fused-ring (bicyclic) bond motifs is 1. The summed E-state index contributed by atoms with van der Waals surface area (Å²) in [6.45, 7) is 3.53. The summed E-state index contributed by atoms with van der Waals surface area (Å²) in [4.78, 5) is 30.6. The summed E-state index contributed by atoms with van der Waals surface area (Å²) >= 11 is 1.48. The number of hydrogen-bond donors (Lipinski definition) is 1. The van der Waals surface area contributed by atoms with E-state index in [0.717, 1.165) is 10.4 Å². The third kappa shape index (κ3) is 2.66. The highest BCUT2D eigenvalue weighted by Crippen LogP contribution is 2.31. The lowest BCUT2D eigenvalue weighted by atomic mass is 10.2. The molecule has 1 aromatic carbocycles. The molecule has 118 valence electrons. The topological polar surface area (TPSA) is 78.0 Å². The highest BCUT2D eigenvalue weighted by atomic mass is 32.1. The standard InChI is InChI=1S/C17H17N3O2S/c1-3-14-19-16-12(17(22)20(14)10(2)15(18)21)9-13(23-16)11-7-5-4-6-8-11/h4-10H,3H2,1-2H3,(H2,18,21). The summed E-state index contributed by atoms with van der Waals surface area (Å²) in [5, 5.41) is 0.527. The molecule has 0 aliphatic heterocycles. The summed E-state index contributed by atoms with van der Waals surface area (Å²) in [5.41, 5.74) is 6.21. The van der Waals surface area contributed by atoms with Gasteiger partial charge in [-0.25, -0.2) is 4.98 Å². The Labute approximate surface area is 137 Å². The van der Waals surface area contributed by atoms with Crippen LogP contribution in [0.5, 0.6) is 0 Å². The maximum Gasteiger partial charge on any atom is 0.263 e. The van der Waals surface area contributed by atoms with Crippen molar-refractivity contribution < 1.29 is 4.79 Å². The van der Waals surface area contributed by atoms with Crippen LogP contribution in [0.1, 0.15) is 25.7 Å².